The molecule has 1 aliphatic heterocycles. The molecule has 2 aromatic rings. The summed E-state index contributed by atoms with van der Waals surface area (Å²) in [5.41, 5.74) is -0.826. The molecule has 1 aliphatic rings. The fourth-order valence-corrected chi connectivity index (χ4v) is 5.72. The monoisotopic (exact) mass is 639 g/mol. The zero-order valence-corrected chi connectivity index (χ0v) is 25.1. The fraction of sp³-hybridized carbons (Fsp3) is 0.462. The molecule has 2 aromatic carbocycles. The Kier molecular flexibility index (Phi) is 9.97. The van der Waals surface area contributed by atoms with Crippen LogP contribution >= 0.6 is 23.2 Å². The molecule has 2 amide bonds. The summed E-state index contributed by atoms with van der Waals surface area (Å²) in [5.74, 6) is -1.70. The van der Waals surface area contributed by atoms with Crippen LogP contribution in [-0.2, 0) is 21.1 Å². The summed E-state index contributed by atoms with van der Waals surface area (Å²) >= 11 is 12.4. The van der Waals surface area contributed by atoms with Crippen LogP contribution in [0.3, 0.4) is 0 Å². The van der Waals surface area contributed by atoms with Crippen molar-refractivity contribution in [2.45, 2.75) is 51.1 Å². The summed E-state index contributed by atoms with van der Waals surface area (Å²) in [4.78, 5) is 28.3. The maximum atomic E-state index is 13.4. The number of nitrogens with zero attached hydrogens (tertiary/aromatic N) is 2. The number of alkyl halides is 3. The average molecular weight is 641 g/mol. The van der Waals surface area contributed by atoms with Crippen LogP contribution in [0.25, 0.3) is 0 Å². The molecular formula is C26H30Cl2F3N3O6S. The van der Waals surface area contributed by atoms with Crippen LogP contribution < -0.4 is 15.0 Å². The predicted octanol–water partition coefficient (Wildman–Crippen LogP) is 5.67. The van der Waals surface area contributed by atoms with Gasteiger partial charge in [0.05, 0.1) is 21.4 Å². The fourth-order valence-electron chi connectivity index (χ4n) is 4.08. The number of halogens is 5. The Morgan fingerprint density at radius 3 is 2.22 bits per heavy atom. The SMILES string of the molecule is CCS(=O)(=O)c1ccc(Cl)cc1CNC(=O)c1cc(Cl)c(N2CCN(C(=O)OC(C)(C)C)CC2)c(OC(F)(F)F)c1. The smallest absolute Gasteiger partial charge is 0.444 e. The molecule has 0 atom stereocenters. The number of carbonyl (C=O) groups is 2. The molecule has 3 rings (SSSR count). The van der Waals surface area contributed by atoms with Gasteiger partial charge in [-0.2, -0.15) is 0 Å². The van der Waals surface area contributed by atoms with Gasteiger partial charge in [-0.1, -0.05) is 30.1 Å². The first-order valence-corrected chi connectivity index (χ1v) is 14.9. The van der Waals surface area contributed by atoms with Crippen molar-refractivity contribution in [2.75, 3.05) is 36.8 Å². The van der Waals surface area contributed by atoms with E-state index in [4.69, 9.17) is 27.9 Å². The summed E-state index contributed by atoms with van der Waals surface area (Å²) < 4.78 is 74.5. The largest absolute Gasteiger partial charge is 0.573 e. The second-order valence-electron chi connectivity index (χ2n) is 10.1. The number of rotatable bonds is 7. The lowest BCUT2D eigenvalue weighted by molar-refractivity contribution is -0.274. The Balaban J connectivity index is 1.84. The maximum absolute atomic E-state index is 13.4. The van der Waals surface area contributed by atoms with Crippen LogP contribution in [0.5, 0.6) is 5.75 Å². The molecule has 1 heterocycles. The second kappa shape index (κ2) is 12.5. The Morgan fingerprint density at radius 2 is 1.66 bits per heavy atom. The quantitative estimate of drug-likeness (QED) is 0.416. The first-order valence-electron chi connectivity index (χ1n) is 12.5. The van der Waals surface area contributed by atoms with E-state index in [1.807, 2.05) is 0 Å². The lowest BCUT2D eigenvalue weighted by Gasteiger charge is -2.37. The highest BCUT2D eigenvalue weighted by atomic mass is 35.5. The highest BCUT2D eigenvalue weighted by molar-refractivity contribution is 7.91. The molecule has 41 heavy (non-hydrogen) atoms. The van der Waals surface area contributed by atoms with E-state index in [1.54, 1.807) is 20.8 Å². The number of piperazine rings is 1. The number of nitrogens with one attached hydrogen (secondary N) is 1. The molecule has 0 saturated carbocycles. The van der Waals surface area contributed by atoms with Gasteiger partial charge in [-0.05, 0) is 56.7 Å². The molecule has 0 aromatic heterocycles. The summed E-state index contributed by atoms with van der Waals surface area (Å²) in [6, 6.07) is 6.22. The van der Waals surface area contributed by atoms with Crippen molar-refractivity contribution in [1.82, 2.24) is 10.2 Å². The maximum Gasteiger partial charge on any atom is 0.573 e. The van der Waals surface area contributed by atoms with Crippen molar-refractivity contribution < 1.29 is 40.7 Å². The minimum atomic E-state index is -5.09. The molecule has 1 saturated heterocycles. The molecule has 9 nitrogen and oxygen atoms in total. The number of hydrogen-bond donors (Lipinski definition) is 1. The van der Waals surface area contributed by atoms with Crippen LogP contribution in [0.15, 0.2) is 35.2 Å². The molecule has 0 unspecified atom stereocenters. The number of sulfone groups is 1. The average Bonchev–Trinajstić information content (AvgIpc) is 2.85. The van der Waals surface area contributed by atoms with Gasteiger partial charge in [-0.15, -0.1) is 13.2 Å². The molecule has 0 bridgehead atoms. The van der Waals surface area contributed by atoms with Crippen molar-refractivity contribution in [3.8, 4) is 5.75 Å². The van der Waals surface area contributed by atoms with Crippen molar-refractivity contribution >= 4 is 50.7 Å². The Morgan fingerprint density at radius 1 is 1.02 bits per heavy atom. The first-order chi connectivity index (χ1) is 18.9. The summed E-state index contributed by atoms with van der Waals surface area (Å²) in [7, 11) is -3.64. The standard InChI is InChI=1S/C26H30Cl2F3N3O6S/c1-5-41(37,38)21-7-6-18(27)12-17(21)15-32-23(35)16-13-19(28)22(20(14-16)39-26(29,30)31)33-8-10-34(11-9-33)24(36)40-25(2,3)4/h6-7,12-14H,5,8-11,15H2,1-4H3,(H,32,35). The van der Waals surface area contributed by atoms with E-state index in [0.717, 1.165) is 6.07 Å². The molecular weight excluding hydrogens is 610 g/mol. The minimum Gasteiger partial charge on any atom is -0.444 e. The lowest BCUT2D eigenvalue weighted by atomic mass is 10.1. The highest BCUT2D eigenvalue weighted by Gasteiger charge is 2.35. The van der Waals surface area contributed by atoms with Crippen molar-refractivity contribution in [2.24, 2.45) is 0 Å². The molecule has 15 heteroatoms. The molecule has 1 fully saturated rings. The Bertz CT molecular complexity index is 1410. The van der Waals surface area contributed by atoms with Gasteiger partial charge in [0, 0.05) is 43.3 Å². The van der Waals surface area contributed by atoms with Gasteiger partial charge in [0.25, 0.3) is 5.91 Å². The number of benzene rings is 2. The van der Waals surface area contributed by atoms with Gasteiger partial charge >= 0.3 is 12.5 Å². The number of hydrogen-bond acceptors (Lipinski definition) is 7. The van der Waals surface area contributed by atoms with Gasteiger partial charge < -0.3 is 24.6 Å². The van der Waals surface area contributed by atoms with Crippen molar-refractivity contribution in [3.05, 3.63) is 51.5 Å². The molecule has 0 spiro atoms. The summed E-state index contributed by atoms with van der Waals surface area (Å²) in [6.07, 6.45) is -5.63. The lowest BCUT2D eigenvalue weighted by Crippen LogP contribution is -2.50. The van der Waals surface area contributed by atoms with Gasteiger partial charge in [0.1, 0.15) is 5.60 Å². The predicted molar refractivity (Wildman–Crippen MR) is 149 cm³/mol. The molecule has 0 radical (unpaired) electrons. The van der Waals surface area contributed by atoms with Crippen molar-refractivity contribution in [1.29, 1.82) is 0 Å². The number of anilines is 1. The third-order valence-electron chi connectivity index (χ3n) is 5.94. The van der Waals surface area contributed by atoms with Crippen molar-refractivity contribution in [3.63, 3.8) is 0 Å². The van der Waals surface area contributed by atoms with E-state index >= 15 is 0 Å². The van der Waals surface area contributed by atoms with E-state index < -0.39 is 39.6 Å². The van der Waals surface area contributed by atoms with E-state index in [1.165, 1.54) is 41.0 Å². The number of ether oxygens (including phenoxy) is 2. The zero-order valence-electron chi connectivity index (χ0n) is 22.8. The Labute approximate surface area is 246 Å². The van der Waals surface area contributed by atoms with Gasteiger partial charge in [-0.25, -0.2) is 13.2 Å². The van der Waals surface area contributed by atoms with Crippen LogP contribution in [-0.4, -0.2) is 69.2 Å². The minimum absolute atomic E-state index is 0.0234. The van der Waals surface area contributed by atoms with E-state index in [9.17, 15) is 31.2 Å². The Hall–Kier alpha value is -2.90. The van der Waals surface area contributed by atoms with Gasteiger partial charge in [0.2, 0.25) is 0 Å². The summed E-state index contributed by atoms with van der Waals surface area (Å²) in [5, 5.41) is 2.56. The number of amides is 2. The van der Waals surface area contributed by atoms with Crippen LogP contribution in [0.1, 0.15) is 43.6 Å². The second-order valence-corrected chi connectivity index (χ2v) is 13.2. The van der Waals surface area contributed by atoms with E-state index in [0.29, 0.717) is 0 Å². The van der Waals surface area contributed by atoms with E-state index in [-0.39, 0.29) is 70.2 Å². The number of carbonyl (C=O) groups excluding carboxylic acids is 2. The molecule has 1 N–H and O–H groups in total. The normalized spacial score (nSPS) is 14.6. The van der Waals surface area contributed by atoms with Crippen LogP contribution in [0.4, 0.5) is 23.7 Å². The summed E-state index contributed by atoms with van der Waals surface area (Å²) in [6.45, 7) is 6.93. The van der Waals surface area contributed by atoms with Crippen LogP contribution in [0.2, 0.25) is 10.0 Å². The van der Waals surface area contributed by atoms with Gasteiger partial charge in [-0.3, -0.25) is 4.79 Å². The van der Waals surface area contributed by atoms with Gasteiger partial charge in [0.15, 0.2) is 15.6 Å². The topological polar surface area (TPSA) is 105 Å². The first kappa shape index (κ1) is 32.6. The highest BCUT2D eigenvalue weighted by Crippen LogP contribution is 2.40. The zero-order chi connectivity index (χ0) is 30.8. The van der Waals surface area contributed by atoms with E-state index in [2.05, 4.69) is 10.1 Å². The third-order valence-corrected chi connectivity index (χ3v) is 8.29. The molecule has 226 valence electrons. The van der Waals surface area contributed by atoms with Crippen LogP contribution in [0, 0.1) is 0 Å². The third kappa shape index (κ3) is 8.79. The molecule has 0 aliphatic carbocycles.